The van der Waals surface area contributed by atoms with Crippen LogP contribution in [-0.4, -0.2) is 58.8 Å². The van der Waals surface area contributed by atoms with Gasteiger partial charge in [-0.2, -0.15) is 0 Å². The number of nitrogens with one attached hydrogen (secondary N) is 2. The molecule has 0 aromatic heterocycles. The van der Waals surface area contributed by atoms with Crippen molar-refractivity contribution in [2.24, 2.45) is 0 Å². The smallest absolute Gasteiger partial charge is 0.166 e. The normalized spacial score (nSPS) is 10.0. The van der Waals surface area contributed by atoms with E-state index in [0.717, 1.165) is 0 Å². The highest BCUT2D eigenvalue weighted by molar-refractivity contribution is 7.80. The number of ether oxygens (including phenoxy) is 3. The first-order valence-electron chi connectivity index (χ1n) is 4.88. The monoisotopic (exact) mass is 236 g/mol. The Morgan fingerprint density at radius 3 is 2.13 bits per heavy atom. The Bertz CT molecular complexity index is 158. The Morgan fingerprint density at radius 2 is 1.53 bits per heavy atom. The van der Waals surface area contributed by atoms with E-state index in [1.165, 1.54) is 0 Å². The van der Waals surface area contributed by atoms with E-state index in [9.17, 15) is 0 Å². The van der Waals surface area contributed by atoms with Gasteiger partial charge < -0.3 is 24.8 Å². The summed E-state index contributed by atoms with van der Waals surface area (Å²) in [5.41, 5.74) is 0. The number of rotatable bonds is 9. The van der Waals surface area contributed by atoms with Gasteiger partial charge in [-0.05, 0) is 12.2 Å². The van der Waals surface area contributed by atoms with Gasteiger partial charge in [-0.3, -0.25) is 0 Å². The molecule has 0 aromatic carbocycles. The van der Waals surface area contributed by atoms with Crippen LogP contribution in [0.5, 0.6) is 0 Å². The molecule has 0 aromatic rings. The van der Waals surface area contributed by atoms with Crippen molar-refractivity contribution in [2.75, 3.05) is 53.7 Å². The molecule has 90 valence electrons. The Hall–Kier alpha value is -0.430. The molecule has 0 unspecified atom stereocenters. The minimum absolute atomic E-state index is 0.613. The molecule has 0 atom stereocenters. The minimum Gasteiger partial charge on any atom is -0.383 e. The predicted octanol–water partition coefficient (Wildman–Crippen LogP) is -0.240. The first kappa shape index (κ1) is 14.6. The van der Waals surface area contributed by atoms with Crippen molar-refractivity contribution in [2.45, 2.75) is 0 Å². The van der Waals surface area contributed by atoms with Gasteiger partial charge in [0.15, 0.2) is 5.11 Å². The molecule has 0 saturated heterocycles. The number of hydrogen-bond donors (Lipinski definition) is 2. The maximum atomic E-state index is 5.25. The molecule has 0 amide bonds. The van der Waals surface area contributed by atoms with Crippen molar-refractivity contribution in [3.63, 3.8) is 0 Å². The fourth-order valence-electron chi connectivity index (χ4n) is 0.810. The first-order chi connectivity index (χ1) is 7.31. The van der Waals surface area contributed by atoms with Crippen molar-refractivity contribution < 1.29 is 14.2 Å². The van der Waals surface area contributed by atoms with Crippen LogP contribution in [0.1, 0.15) is 0 Å². The van der Waals surface area contributed by atoms with E-state index < -0.39 is 0 Å². The molecule has 6 heteroatoms. The van der Waals surface area contributed by atoms with Gasteiger partial charge in [0.25, 0.3) is 0 Å². The largest absolute Gasteiger partial charge is 0.383 e. The summed E-state index contributed by atoms with van der Waals surface area (Å²) in [5.74, 6) is 0. The van der Waals surface area contributed by atoms with Crippen molar-refractivity contribution in [3.8, 4) is 0 Å². The molecule has 15 heavy (non-hydrogen) atoms. The number of methoxy groups -OCH3 is 2. The van der Waals surface area contributed by atoms with E-state index in [0.29, 0.717) is 44.6 Å². The van der Waals surface area contributed by atoms with Crippen LogP contribution in [0, 0.1) is 0 Å². The van der Waals surface area contributed by atoms with Gasteiger partial charge in [-0.15, -0.1) is 0 Å². The van der Waals surface area contributed by atoms with Crippen LogP contribution < -0.4 is 10.6 Å². The van der Waals surface area contributed by atoms with Gasteiger partial charge in [0.2, 0.25) is 0 Å². The molecule has 2 N–H and O–H groups in total. The average molecular weight is 236 g/mol. The summed E-state index contributed by atoms with van der Waals surface area (Å²) in [4.78, 5) is 0. The van der Waals surface area contributed by atoms with E-state index in [4.69, 9.17) is 26.4 Å². The van der Waals surface area contributed by atoms with E-state index in [1.54, 1.807) is 14.2 Å². The average Bonchev–Trinajstić information content (AvgIpc) is 2.23. The summed E-state index contributed by atoms with van der Waals surface area (Å²) in [6.45, 7) is 3.91. The fraction of sp³-hybridized carbons (Fsp3) is 0.889. The molecule has 0 aliphatic rings. The Kier molecular flexibility index (Phi) is 11.3. The zero-order chi connectivity index (χ0) is 11.4. The van der Waals surface area contributed by atoms with Gasteiger partial charge in [0, 0.05) is 27.3 Å². The molecule has 5 nitrogen and oxygen atoms in total. The molecular weight excluding hydrogens is 216 g/mol. The van der Waals surface area contributed by atoms with Crippen LogP contribution in [0.25, 0.3) is 0 Å². The minimum atomic E-state index is 0.613. The zero-order valence-corrected chi connectivity index (χ0v) is 10.2. The fourth-order valence-corrected chi connectivity index (χ4v) is 1.01. The molecule has 0 spiro atoms. The lowest BCUT2D eigenvalue weighted by Gasteiger charge is -2.10. The van der Waals surface area contributed by atoms with Gasteiger partial charge >= 0.3 is 0 Å². The van der Waals surface area contributed by atoms with Crippen molar-refractivity contribution in [1.82, 2.24) is 10.6 Å². The second-order valence-electron chi connectivity index (χ2n) is 2.78. The quantitative estimate of drug-likeness (QED) is 0.426. The lowest BCUT2D eigenvalue weighted by atomic mass is 10.6. The lowest BCUT2D eigenvalue weighted by Crippen LogP contribution is -2.38. The maximum absolute atomic E-state index is 5.25. The second-order valence-corrected chi connectivity index (χ2v) is 3.19. The molecule has 0 heterocycles. The van der Waals surface area contributed by atoms with Crippen LogP contribution in [0.2, 0.25) is 0 Å². The van der Waals surface area contributed by atoms with E-state index in [2.05, 4.69) is 10.6 Å². The SMILES string of the molecule is COCCNC(=S)NCCOCCOC. The molecule has 0 aliphatic heterocycles. The number of hydrogen-bond acceptors (Lipinski definition) is 4. The maximum Gasteiger partial charge on any atom is 0.166 e. The van der Waals surface area contributed by atoms with Gasteiger partial charge in [0.05, 0.1) is 26.4 Å². The third-order valence-electron chi connectivity index (χ3n) is 1.56. The van der Waals surface area contributed by atoms with E-state index >= 15 is 0 Å². The van der Waals surface area contributed by atoms with Crippen LogP contribution in [0.4, 0.5) is 0 Å². The van der Waals surface area contributed by atoms with Crippen LogP contribution in [0.15, 0.2) is 0 Å². The molecule has 0 rings (SSSR count). The molecule has 0 bridgehead atoms. The van der Waals surface area contributed by atoms with Gasteiger partial charge in [-0.1, -0.05) is 0 Å². The van der Waals surface area contributed by atoms with Crippen LogP contribution in [0.3, 0.4) is 0 Å². The molecule has 0 radical (unpaired) electrons. The third-order valence-corrected chi connectivity index (χ3v) is 1.84. The Labute approximate surface area is 96.5 Å². The predicted molar refractivity (Wildman–Crippen MR) is 63.2 cm³/mol. The standard InChI is InChI=1S/C9H20N2O3S/c1-12-5-3-10-9(15)11-4-6-14-8-7-13-2/h3-8H2,1-2H3,(H2,10,11,15). The highest BCUT2D eigenvalue weighted by atomic mass is 32.1. The summed E-state index contributed by atoms with van der Waals surface area (Å²) in [6.07, 6.45) is 0. The molecule has 0 fully saturated rings. The third kappa shape index (κ3) is 11.5. The van der Waals surface area contributed by atoms with Crippen LogP contribution >= 0.6 is 12.2 Å². The zero-order valence-electron chi connectivity index (χ0n) is 9.38. The Morgan fingerprint density at radius 1 is 0.933 bits per heavy atom. The summed E-state index contributed by atoms with van der Waals surface area (Å²) in [7, 11) is 3.30. The lowest BCUT2D eigenvalue weighted by molar-refractivity contribution is 0.0734. The van der Waals surface area contributed by atoms with Crippen LogP contribution in [-0.2, 0) is 14.2 Å². The van der Waals surface area contributed by atoms with Crippen molar-refractivity contribution in [1.29, 1.82) is 0 Å². The molecular formula is C9H20N2O3S. The molecule has 0 aliphatic carbocycles. The van der Waals surface area contributed by atoms with Crippen molar-refractivity contribution in [3.05, 3.63) is 0 Å². The van der Waals surface area contributed by atoms with Gasteiger partial charge in [0.1, 0.15) is 0 Å². The molecule has 0 saturated carbocycles. The highest BCUT2D eigenvalue weighted by Crippen LogP contribution is 1.75. The number of thiocarbonyl (C=S) groups is 1. The first-order valence-corrected chi connectivity index (χ1v) is 5.29. The summed E-state index contributed by atoms with van der Waals surface area (Å²) in [6, 6.07) is 0. The van der Waals surface area contributed by atoms with Crippen molar-refractivity contribution >= 4 is 17.3 Å². The van der Waals surface area contributed by atoms with E-state index in [-0.39, 0.29) is 0 Å². The summed E-state index contributed by atoms with van der Waals surface area (Å²) >= 11 is 5.01. The second kappa shape index (κ2) is 11.6. The summed E-state index contributed by atoms with van der Waals surface area (Å²) < 4.78 is 15.0. The topological polar surface area (TPSA) is 51.8 Å². The summed E-state index contributed by atoms with van der Waals surface area (Å²) in [5, 5.41) is 6.65. The Balaban J connectivity index is 3.10. The van der Waals surface area contributed by atoms with E-state index in [1.807, 2.05) is 0 Å². The highest BCUT2D eigenvalue weighted by Gasteiger charge is 1.93. The van der Waals surface area contributed by atoms with Gasteiger partial charge in [-0.25, -0.2) is 0 Å².